The van der Waals surface area contributed by atoms with E-state index < -0.39 is 15.7 Å². The summed E-state index contributed by atoms with van der Waals surface area (Å²) in [4.78, 5) is 17.1. The SMILES string of the molecule is CCCn1c(=NC(=O)CCS(=O)(=O)c2ccc(C)cc2)sc2cc(F)ccc21. The summed E-state index contributed by atoms with van der Waals surface area (Å²) in [6, 6.07) is 11.0. The number of rotatable bonds is 6. The zero-order chi connectivity index (χ0) is 20.3. The Labute approximate surface area is 167 Å². The predicted octanol–water partition coefficient (Wildman–Crippen LogP) is 3.85. The van der Waals surface area contributed by atoms with Crippen molar-refractivity contribution in [3.8, 4) is 0 Å². The van der Waals surface area contributed by atoms with Crippen LogP contribution >= 0.6 is 11.3 Å². The average molecular weight is 421 g/mol. The van der Waals surface area contributed by atoms with E-state index in [1.54, 1.807) is 30.3 Å². The van der Waals surface area contributed by atoms with Gasteiger partial charge in [0.05, 0.1) is 20.9 Å². The number of benzene rings is 2. The van der Waals surface area contributed by atoms with E-state index in [0.29, 0.717) is 16.0 Å². The van der Waals surface area contributed by atoms with Gasteiger partial charge in [0.1, 0.15) is 5.82 Å². The molecule has 0 atom stereocenters. The lowest BCUT2D eigenvalue weighted by atomic mass is 10.2. The van der Waals surface area contributed by atoms with Crippen molar-refractivity contribution < 1.29 is 17.6 Å². The fourth-order valence-corrected chi connectivity index (χ4v) is 5.15. The van der Waals surface area contributed by atoms with E-state index >= 15 is 0 Å². The number of aromatic nitrogens is 1. The van der Waals surface area contributed by atoms with Crippen LogP contribution in [-0.2, 0) is 21.2 Å². The maximum Gasteiger partial charge on any atom is 0.249 e. The third kappa shape index (κ3) is 4.56. The molecule has 3 rings (SSSR count). The van der Waals surface area contributed by atoms with Gasteiger partial charge < -0.3 is 4.57 Å². The van der Waals surface area contributed by atoms with Crippen molar-refractivity contribution in [3.63, 3.8) is 0 Å². The Hall–Kier alpha value is -2.32. The fourth-order valence-electron chi connectivity index (χ4n) is 2.82. The van der Waals surface area contributed by atoms with Crippen LogP contribution in [0.1, 0.15) is 25.3 Å². The molecular weight excluding hydrogens is 399 g/mol. The molecule has 1 aromatic heterocycles. The Morgan fingerprint density at radius 1 is 1.18 bits per heavy atom. The first-order valence-corrected chi connectivity index (χ1v) is 11.4. The minimum absolute atomic E-state index is 0.198. The summed E-state index contributed by atoms with van der Waals surface area (Å²) in [7, 11) is -3.55. The summed E-state index contributed by atoms with van der Waals surface area (Å²) < 4.78 is 40.9. The lowest BCUT2D eigenvalue weighted by Gasteiger charge is -2.04. The summed E-state index contributed by atoms with van der Waals surface area (Å²) in [5.74, 6) is -1.15. The summed E-state index contributed by atoms with van der Waals surface area (Å²) >= 11 is 1.22. The lowest BCUT2D eigenvalue weighted by Crippen LogP contribution is -2.18. The maximum atomic E-state index is 13.5. The molecule has 28 heavy (non-hydrogen) atoms. The molecule has 0 aliphatic rings. The van der Waals surface area contributed by atoms with Gasteiger partial charge in [0.25, 0.3) is 0 Å². The van der Waals surface area contributed by atoms with Gasteiger partial charge in [0.2, 0.25) is 5.91 Å². The van der Waals surface area contributed by atoms with Gasteiger partial charge in [-0.05, 0) is 43.7 Å². The second-order valence-electron chi connectivity index (χ2n) is 6.54. The predicted molar refractivity (Wildman–Crippen MR) is 108 cm³/mol. The van der Waals surface area contributed by atoms with Gasteiger partial charge >= 0.3 is 0 Å². The maximum absolute atomic E-state index is 13.5. The van der Waals surface area contributed by atoms with Crippen molar-refractivity contribution in [2.75, 3.05) is 5.75 Å². The number of hydrogen-bond donors (Lipinski definition) is 0. The van der Waals surface area contributed by atoms with Crippen molar-refractivity contribution in [1.82, 2.24) is 4.57 Å². The fraction of sp³-hybridized carbons (Fsp3) is 0.300. The van der Waals surface area contributed by atoms with Crippen LogP contribution in [0.5, 0.6) is 0 Å². The largest absolute Gasteiger partial charge is 0.316 e. The molecule has 8 heteroatoms. The molecular formula is C20H21FN2O3S2. The number of carbonyl (C=O) groups is 1. The van der Waals surface area contributed by atoms with Crippen LogP contribution < -0.4 is 4.80 Å². The molecule has 1 amide bonds. The molecule has 0 saturated carbocycles. The number of amides is 1. The highest BCUT2D eigenvalue weighted by atomic mass is 32.2. The van der Waals surface area contributed by atoms with Gasteiger partial charge in [-0.25, -0.2) is 12.8 Å². The molecule has 0 spiro atoms. The molecule has 0 aliphatic heterocycles. The van der Waals surface area contributed by atoms with Crippen molar-refractivity contribution >= 4 is 37.3 Å². The standard InChI is InChI=1S/C20H21FN2O3S2/c1-3-11-23-17-9-6-15(21)13-18(17)27-20(23)22-19(24)10-12-28(25,26)16-7-4-14(2)5-8-16/h4-9,13H,3,10-12H2,1-2H3. The third-order valence-corrected chi connectivity index (χ3v) is 7.05. The molecule has 0 aliphatic carbocycles. The third-order valence-electron chi connectivity index (χ3n) is 4.28. The molecule has 5 nitrogen and oxygen atoms in total. The van der Waals surface area contributed by atoms with E-state index in [2.05, 4.69) is 4.99 Å². The van der Waals surface area contributed by atoms with Crippen LogP contribution in [0.3, 0.4) is 0 Å². The minimum Gasteiger partial charge on any atom is -0.316 e. The van der Waals surface area contributed by atoms with E-state index in [1.807, 2.05) is 18.4 Å². The van der Waals surface area contributed by atoms with Crippen LogP contribution in [0, 0.1) is 12.7 Å². The lowest BCUT2D eigenvalue weighted by molar-refractivity contribution is -0.117. The number of hydrogen-bond acceptors (Lipinski definition) is 4. The minimum atomic E-state index is -3.55. The Balaban J connectivity index is 1.84. The van der Waals surface area contributed by atoms with E-state index in [0.717, 1.165) is 17.5 Å². The Kier molecular flexibility index (Phi) is 6.10. The van der Waals surface area contributed by atoms with E-state index in [-0.39, 0.29) is 22.9 Å². The van der Waals surface area contributed by atoms with Gasteiger partial charge in [0, 0.05) is 13.0 Å². The molecule has 3 aromatic rings. The molecule has 0 unspecified atom stereocenters. The van der Waals surface area contributed by atoms with Crippen LogP contribution in [0.2, 0.25) is 0 Å². The monoisotopic (exact) mass is 420 g/mol. The number of carbonyl (C=O) groups excluding carboxylic acids is 1. The summed E-state index contributed by atoms with van der Waals surface area (Å²) in [6.07, 6.45) is 0.622. The average Bonchev–Trinajstić information content (AvgIpc) is 2.97. The quantitative estimate of drug-likeness (QED) is 0.608. The Morgan fingerprint density at radius 2 is 1.89 bits per heavy atom. The van der Waals surface area contributed by atoms with Gasteiger partial charge in [-0.15, -0.1) is 0 Å². The van der Waals surface area contributed by atoms with E-state index in [1.165, 1.54) is 23.5 Å². The topological polar surface area (TPSA) is 68.5 Å². The number of halogens is 1. The normalized spacial score (nSPS) is 12.6. The van der Waals surface area contributed by atoms with Crippen LogP contribution in [-0.4, -0.2) is 24.6 Å². The van der Waals surface area contributed by atoms with Crippen LogP contribution in [0.15, 0.2) is 52.4 Å². The van der Waals surface area contributed by atoms with E-state index in [9.17, 15) is 17.6 Å². The van der Waals surface area contributed by atoms with Gasteiger partial charge in [0.15, 0.2) is 14.6 Å². The highest BCUT2D eigenvalue weighted by Crippen LogP contribution is 2.19. The molecule has 0 saturated heterocycles. The van der Waals surface area contributed by atoms with Crippen LogP contribution in [0.4, 0.5) is 4.39 Å². The van der Waals surface area contributed by atoms with Gasteiger partial charge in [-0.3, -0.25) is 4.79 Å². The number of fused-ring (bicyclic) bond motifs is 1. The highest BCUT2D eigenvalue weighted by Gasteiger charge is 2.16. The first kappa shape index (κ1) is 20.4. The summed E-state index contributed by atoms with van der Waals surface area (Å²) in [5, 5.41) is 0. The number of aryl methyl sites for hydroxylation is 2. The summed E-state index contributed by atoms with van der Waals surface area (Å²) in [6.45, 7) is 4.51. The van der Waals surface area contributed by atoms with Crippen LogP contribution in [0.25, 0.3) is 10.2 Å². The van der Waals surface area contributed by atoms with Crippen molar-refractivity contribution in [2.45, 2.75) is 38.1 Å². The zero-order valence-corrected chi connectivity index (χ0v) is 17.3. The van der Waals surface area contributed by atoms with Crippen molar-refractivity contribution in [3.05, 3.63) is 58.6 Å². The number of thiazole rings is 1. The van der Waals surface area contributed by atoms with Gasteiger partial charge in [-0.1, -0.05) is 36.0 Å². The second kappa shape index (κ2) is 8.36. The second-order valence-corrected chi connectivity index (χ2v) is 9.65. The molecule has 1 heterocycles. The smallest absolute Gasteiger partial charge is 0.249 e. The number of nitrogens with zero attached hydrogens (tertiary/aromatic N) is 2. The molecule has 0 N–H and O–H groups in total. The molecule has 2 aromatic carbocycles. The zero-order valence-electron chi connectivity index (χ0n) is 15.7. The van der Waals surface area contributed by atoms with Crippen molar-refractivity contribution in [1.29, 1.82) is 0 Å². The first-order chi connectivity index (χ1) is 13.3. The highest BCUT2D eigenvalue weighted by molar-refractivity contribution is 7.91. The number of sulfone groups is 1. The summed E-state index contributed by atoms with van der Waals surface area (Å²) in [5.41, 5.74) is 1.78. The molecule has 0 bridgehead atoms. The molecule has 0 radical (unpaired) electrons. The Bertz CT molecular complexity index is 1180. The van der Waals surface area contributed by atoms with Gasteiger partial charge in [-0.2, -0.15) is 4.99 Å². The van der Waals surface area contributed by atoms with E-state index in [4.69, 9.17) is 0 Å². The Morgan fingerprint density at radius 3 is 2.57 bits per heavy atom. The molecule has 148 valence electrons. The first-order valence-electron chi connectivity index (χ1n) is 8.96. The molecule has 0 fully saturated rings. The van der Waals surface area contributed by atoms with Crippen molar-refractivity contribution in [2.24, 2.45) is 4.99 Å².